The molecule has 1 fully saturated rings. The predicted octanol–water partition coefficient (Wildman–Crippen LogP) is 6.65. The fourth-order valence-corrected chi connectivity index (χ4v) is 4.50. The van der Waals surface area contributed by atoms with Crippen molar-refractivity contribution >= 4 is 34.9 Å². The number of hydrogen-bond donors (Lipinski definition) is 1. The van der Waals surface area contributed by atoms with Crippen LogP contribution in [0.3, 0.4) is 0 Å². The molecule has 2 amide bonds. The van der Waals surface area contributed by atoms with Crippen LogP contribution in [-0.4, -0.2) is 55.2 Å². The third kappa shape index (κ3) is 7.45. The van der Waals surface area contributed by atoms with Gasteiger partial charge in [-0.2, -0.15) is 0 Å². The first-order valence-corrected chi connectivity index (χ1v) is 12.7. The fraction of sp³-hybridized carbons (Fsp3) is 0.321. The number of anilines is 1. The molecule has 4 rings (SSSR count). The zero-order valence-corrected chi connectivity index (χ0v) is 21.4. The molecule has 184 valence electrons. The van der Waals surface area contributed by atoms with E-state index in [4.69, 9.17) is 27.9 Å². The van der Waals surface area contributed by atoms with E-state index in [1.54, 1.807) is 0 Å². The van der Waals surface area contributed by atoms with Crippen LogP contribution in [0.5, 0.6) is 0 Å². The summed E-state index contributed by atoms with van der Waals surface area (Å²) in [6, 6.07) is 23.4. The molecule has 1 aliphatic heterocycles. The summed E-state index contributed by atoms with van der Waals surface area (Å²) in [5, 5.41) is 4.41. The molecule has 0 radical (unpaired) electrons. The Bertz CT molecular complexity index is 1050. The Morgan fingerprint density at radius 1 is 0.914 bits per heavy atom. The Labute approximate surface area is 217 Å². The number of aryl methyl sites for hydroxylation is 1. The van der Waals surface area contributed by atoms with E-state index in [1.165, 1.54) is 0 Å². The van der Waals surface area contributed by atoms with Crippen molar-refractivity contribution in [2.45, 2.75) is 19.4 Å². The maximum Gasteiger partial charge on any atom is 0.321 e. The maximum atomic E-state index is 12.6. The largest absolute Gasteiger partial charge is 0.369 e. The van der Waals surface area contributed by atoms with Gasteiger partial charge in [0, 0.05) is 55.1 Å². The number of ether oxygens (including phenoxy) is 1. The average Bonchev–Trinajstić information content (AvgIpc) is 2.86. The number of piperazine rings is 1. The number of nitrogens with zero attached hydrogens (tertiary/aromatic N) is 2. The van der Waals surface area contributed by atoms with Gasteiger partial charge in [-0.3, -0.25) is 4.90 Å². The van der Waals surface area contributed by atoms with E-state index in [-0.39, 0.29) is 12.1 Å². The average molecular weight is 512 g/mol. The third-order valence-electron chi connectivity index (χ3n) is 6.18. The molecule has 3 aromatic carbocycles. The quantitative estimate of drug-likeness (QED) is 0.344. The van der Waals surface area contributed by atoms with Crippen LogP contribution < -0.4 is 5.32 Å². The lowest BCUT2D eigenvalue weighted by molar-refractivity contribution is 0.0670. The Hall–Kier alpha value is -2.57. The van der Waals surface area contributed by atoms with Crippen molar-refractivity contribution in [2.75, 3.05) is 44.6 Å². The van der Waals surface area contributed by atoms with Gasteiger partial charge < -0.3 is 15.0 Å². The highest BCUT2D eigenvalue weighted by molar-refractivity contribution is 6.30. The lowest BCUT2D eigenvalue weighted by Gasteiger charge is -2.34. The summed E-state index contributed by atoms with van der Waals surface area (Å²) in [4.78, 5) is 16.9. The summed E-state index contributed by atoms with van der Waals surface area (Å²) < 4.78 is 6.33. The van der Waals surface area contributed by atoms with Crippen LogP contribution in [0.15, 0.2) is 72.8 Å². The molecular weight excluding hydrogens is 481 g/mol. The smallest absolute Gasteiger partial charge is 0.321 e. The summed E-state index contributed by atoms with van der Waals surface area (Å²) >= 11 is 12.2. The number of hydrogen-bond acceptors (Lipinski definition) is 3. The number of carbonyl (C=O) groups excluding carboxylic acids is 1. The van der Waals surface area contributed by atoms with E-state index in [0.29, 0.717) is 16.7 Å². The normalized spacial score (nSPS) is 14.3. The number of benzene rings is 3. The first kappa shape index (κ1) is 25.5. The third-order valence-corrected chi connectivity index (χ3v) is 6.68. The number of carbonyl (C=O) groups is 1. The van der Waals surface area contributed by atoms with Gasteiger partial charge in [-0.1, -0.05) is 59.6 Å². The zero-order chi connectivity index (χ0) is 24.6. The van der Waals surface area contributed by atoms with Crippen LogP contribution in [0.25, 0.3) is 0 Å². The van der Waals surface area contributed by atoms with E-state index >= 15 is 0 Å². The van der Waals surface area contributed by atoms with Crippen molar-refractivity contribution in [3.8, 4) is 0 Å². The highest BCUT2D eigenvalue weighted by Gasteiger charge is 2.21. The molecule has 1 aliphatic rings. The van der Waals surface area contributed by atoms with E-state index in [9.17, 15) is 4.79 Å². The zero-order valence-electron chi connectivity index (χ0n) is 19.9. The molecule has 0 aromatic heterocycles. The second-order valence-electron chi connectivity index (χ2n) is 8.84. The van der Waals surface area contributed by atoms with Crippen molar-refractivity contribution in [3.05, 3.63) is 99.5 Å². The molecular formula is C28H31Cl2N3O2. The van der Waals surface area contributed by atoms with Crippen molar-refractivity contribution in [1.29, 1.82) is 0 Å². The lowest BCUT2D eigenvalue weighted by atomic mass is 10.0. The van der Waals surface area contributed by atoms with Gasteiger partial charge in [0.25, 0.3) is 0 Å². The molecule has 0 bridgehead atoms. The molecule has 0 spiro atoms. The summed E-state index contributed by atoms with van der Waals surface area (Å²) in [5.41, 5.74) is 4.09. The van der Waals surface area contributed by atoms with Gasteiger partial charge in [-0.15, -0.1) is 0 Å². The molecule has 0 saturated carbocycles. The topological polar surface area (TPSA) is 44.8 Å². The lowest BCUT2D eigenvalue weighted by Crippen LogP contribution is -2.50. The number of urea groups is 1. The van der Waals surface area contributed by atoms with Crippen LogP contribution in [0.1, 0.15) is 29.2 Å². The number of rotatable bonds is 8. The van der Waals surface area contributed by atoms with Crippen molar-refractivity contribution in [2.24, 2.45) is 0 Å². The van der Waals surface area contributed by atoms with E-state index in [1.807, 2.05) is 84.6 Å². The Balaban J connectivity index is 1.23. The molecule has 35 heavy (non-hydrogen) atoms. The van der Waals surface area contributed by atoms with Crippen molar-refractivity contribution in [3.63, 3.8) is 0 Å². The second kappa shape index (κ2) is 12.4. The predicted molar refractivity (Wildman–Crippen MR) is 144 cm³/mol. The molecule has 0 unspecified atom stereocenters. The minimum absolute atomic E-state index is 0.0349. The number of halogens is 2. The SMILES string of the molecule is Cc1cccc(NC(=O)N2CCN(CCCOC(c3ccc(Cl)cc3)c3ccc(Cl)cc3)CC2)c1. The Kier molecular flexibility index (Phi) is 9.05. The molecule has 1 N–H and O–H groups in total. The maximum absolute atomic E-state index is 12.6. The van der Waals surface area contributed by atoms with Crippen LogP contribution in [0, 0.1) is 6.92 Å². The molecule has 0 aliphatic carbocycles. The van der Waals surface area contributed by atoms with Crippen molar-refractivity contribution < 1.29 is 9.53 Å². The fourth-order valence-electron chi connectivity index (χ4n) is 4.25. The number of amides is 2. The molecule has 1 saturated heterocycles. The molecule has 5 nitrogen and oxygen atoms in total. The van der Waals surface area contributed by atoms with Gasteiger partial charge in [0.2, 0.25) is 0 Å². The summed E-state index contributed by atoms with van der Waals surface area (Å²) in [6.07, 6.45) is 0.736. The monoisotopic (exact) mass is 511 g/mol. The van der Waals surface area contributed by atoms with Gasteiger partial charge in [0.05, 0.1) is 0 Å². The van der Waals surface area contributed by atoms with Gasteiger partial charge in [0.1, 0.15) is 6.10 Å². The highest BCUT2D eigenvalue weighted by atomic mass is 35.5. The molecule has 7 heteroatoms. The van der Waals surface area contributed by atoms with E-state index in [0.717, 1.165) is 61.5 Å². The van der Waals surface area contributed by atoms with E-state index in [2.05, 4.69) is 10.2 Å². The highest BCUT2D eigenvalue weighted by Crippen LogP contribution is 2.28. The Morgan fingerprint density at radius 3 is 2.09 bits per heavy atom. The second-order valence-corrected chi connectivity index (χ2v) is 9.71. The first-order valence-electron chi connectivity index (χ1n) is 12.0. The van der Waals surface area contributed by atoms with E-state index < -0.39 is 0 Å². The summed E-state index contributed by atoms with van der Waals surface area (Å²) in [7, 11) is 0. The van der Waals surface area contributed by atoms with Crippen molar-refractivity contribution in [1.82, 2.24) is 9.80 Å². The van der Waals surface area contributed by atoms with Gasteiger partial charge >= 0.3 is 6.03 Å². The summed E-state index contributed by atoms with van der Waals surface area (Å²) in [5.74, 6) is 0. The van der Waals surface area contributed by atoms with Gasteiger partial charge in [-0.25, -0.2) is 4.79 Å². The van der Waals surface area contributed by atoms with Gasteiger partial charge in [-0.05, 0) is 66.4 Å². The van der Waals surface area contributed by atoms with Gasteiger partial charge in [0.15, 0.2) is 0 Å². The minimum atomic E-state index is -0.174. The molecule has 1 heterocycles. The number of nitrogens with one attached hydrogen (secondary N) is 1. The van der Waals surface area contributed by atoms with Crippen LogP contribution in [0.2, 0.25) is 10.0 Å². The first-order chi connectivity index (χ1) is 17.0. The summed E-state index contributed by atoms with van der Waals surface area (Å²) in [6.45, 7) is 6.74. The minimum Gasteiger partial charge on any atom is -0.369 e. The molecule has 0 atom stereocenters. The van der Waals surface area contributed by atoms with Crippen LogP contribution in [0.4, 0.5) is 10.5 Å². The standard InChI is InChI=1S/C28H31Cl2N3O2/c1-21-4-2-5-26(20-21)31-28(34)33-17-15-32(16-18-33)14-3-19-35-27(22-6-10-24(29)11-7-22)23-8-12-25(30)13-9-23/h2,4-13,20,27H,3,14-19H2,1H3,(H,31,34). The van der Waals surface area contributed by atoms with Crippen LogP contribution in [-0.2, 0) is 4.74 Å². The Morgan fingerprint density at radius 2 is 1.51 bits per heavy atom. The van der Waals surface area contributed by atoms with Crippen LogP contribution >= 0.6 is 23.2 Å². The molecule has 3 aromatic rings.